The van der Waals surface area contributed by atoms with E-state index in [2.05, 4.69) is 34.3 Å². The zero-order valence-electron chi connectivity index (χ0n) is 17.0. The largest absolute Gasteiger partial charge is 0.497 e. The van der Waals surface area contributed by atoms with Gasteiger partial charge in [-0.15, -0.1) is 24.0 Å². The third-order valence-corrected chi connectivity index (χ3v) is 5.22. The number of aliphatic hydroxyl groups excluding tert-OH is 1. The van der Waals surface area contributed by atoms with Gasteiger partial charge in [-0.3, -0.25) is 4.99 Å². The van der Waals surface area contributed by atoms with E-state index in [-0.39, 0.29) is 24.0 Å². The number of nitrogens with zero attached hydrogens (tertiary/aromatic N) is 2. The van der Waals surface area contributed by atoms with Crippen molar-refractivity contribution < 1.29 is 14.6 Å². The molecule has 2 aliphatic rings. The zero-order valence-corrected chi connectivity index (χ0v) is 19.3. The molecule has 1 saturated heterocycles. The van der Waals surface area contributed by atoms with E-state index >= 15 is 0 Å². The monoisotopic (exact) mass is 503 g/mol. The van der Waals surface area contributed by atoms with Crippen LogP contribution in [0.5, 0.6) is 5.75 Å². The second kappa shape index (κ2) is 11.8. The van der Waals surface area contributed by atoms with Crippen LogP contribution in [0.3, 0.4) is 0 Å². The SMILES string of the molecule is CCNC(=NCC(O)COCC1CC1)N1CCC(c2ccc(OC)cc2)C1.I. The lowest BCUT2D eigenvalue weighted by Crippen LogP contribution is -2.40. The number of aliphatic hydroxyl groups is 1. The maximum atomic E-state index is 10.1. The van der Waals surface area contributed by atoms with Gasteiger partial charge in [0.2, 0.25) is 0 Å². The zero-order chi connectivity index (χ0) is 19.1. The third kappa shape index (κ3) is 7.08. The van der Waals surface area contributed by atoms with E-state index in [1.807, 2.05) is 12.1 Å². The van der Waals surface area contributed by atoms with Gasteiger partial charge in [-0.25, -0.2) is 0 Å². The molecule has 2 unspecified atom stereocenters. The van der Waals surface area contributed by atoms with Crippen molar-refractivity contribution in [2.45, 2.75) is 38.2 Å². The molecule has 1 saturated carbocycles. The number of halogens is 1. The molecule has 1 aliphatic carbocycles. The molecule has 0 spiro atoms. The molecule has 1 aromatic rings. The van der Waals surface area contributed by atoms with Crippen LogP contribution < -0.4 is 10.1 Å². The first-order valence-electron chi connectivity index (χ1n) is 10.1. The fraction of sp³-hybridized carbons (Fsp3) is 0.667. The minimum Gasteiger partial charge on any atom is -0.497 e. The normalized spacial score (nSPS) is 20.6. The highest BCUT2D eigenvalue weighted by Gasteiger charge is 2.26. The van der Waals surface area contributed by atoms with Crippen molar-refractivity contribution in [1.29, 1.82) is 0 Å². The van der Waals surface area contributed by atoms with Crippen molar-refractivity contribution >= 4 is 29.9 Å². The van der Waals surface area contributed by atoms with Crippen molar-refractivity contribution in [2.24, 2.45) is 10.9 Å². The van der Waals surface area contributed by atoms with Crippen LogP contribution in [0.25, 0.3) is 0 Å². The first kappa shape index (κ1) is 23.2. The number of methoxy groups -OCH3 is 1. The summed E-state index contributed by atoms with van der Waals surface area (Å²) >= 11 is 0. The Morgan fingerprint density at radius 1 is 1.29 bits per heavy atom. The van der Waals surface area contributed by atoms with Crippen molar-refractivity contribution in [3.8, 4) is 5.75 Å². The lowest BCUT2D eigenvalue weighted by Gasteiger charge is -2.22. The molecule has 0 aromatic heterocycles. The molecular weight excluding hydrogens is 469 g/mol. The molecule has 158 valence electrons. The standard InChI is InChI=1S/C21H33N3O3.HI/c1-3-22-21(23-12-19(25)15-27-14-16-4-5-16)24-11-10-18(13-24)17-6-8-20(26-2)9-7-17;/h6-9,16,18-19,25H,3-5,10-15H2,1-2H3,(H,22,23);1H. The van der Waals surface area contributed by atoms with Gasteiger partial charge in [-0.05, 0) is 49.8 Å². The number of hydrogen-bond acceptors (Lipinski definition) is 4. The quantitative estimate of drug-likeness (QED) is 0.308. The highest BCUT2D eigenvalue weighted by molar-refractivity contribution is 14.0. The van der Waals surface area contributed by atoms with Crippen molar-refractivity contribution in [2.75, 3.05) is 46.5 Å². The predicted molar refractivity (Wildman–Crippen MR) is 123 cm³/mol. The summed E-state index contributed by atoms with van der Waals surface area (Å²) in [5, 5.41) is 13.5. The summed E-state index contributed by atoms with van der Waals surface area (Å²) in [5.74, 6) is 2.99. The number of ether oxygens (including phenoxy) is 2. The smallest absolute Gasteiger partial charge is 0.194 e. The molecule has 28 heavy (non-hydrogen) atoms. The summed E-state index contributed by atoms with van der Waals surface area (Å²) in [5.41, 5.74) is 1.34. The average molecular weight is 503 g/mol. The van der Waals surface area contributed by atoms with Gasteiger partial charge in [0.25, 0.3) is 0 Å². The second-order valence-electron chi connectivity index (χ2n) is 7.53. The molecule has 2 atom stereocenters. The van der Waals surface area contributed by atoms with E-state index in [0.717, 1.165) is 50.3 Å². The van der Waals surface area contributed by atoms with Gasteiger partial charge in [0.1, 0.15) is 5.75 Å². The van der Waals surface area contributed by atoms with Gasteiger partial charge in [0, 0.05) is 32.2 Å². The maximum Gasteiger partial charge on any atom is 0.194 e. The first-order chi connectivity index (χ1) is 13.2. The van der Waals surface area contributed by atoms with E-state index in [1.165, 1.54) is 18.4 Å². The van der Waals surface area contributed by atoms with Crippen LogP contribution in [0.2, 0.25) is 0 Å². The van der Waals surface area contributed by atoms with E-state index in [1.54, 1.807) is 7.11 Å². The highest BCUT2D eigenvalue weighted by atomic mass is 127. The van der Waals surface area contributed by atoms with Crippen LogP contribution in [0.15, 0.2) is 29.3 Å². The number of likely N-dealkylation sites (tertiary alicyclic amines) is 1. The Bertz CT molecular complexity index is 607. The van der Waals surface area contributed by atoms with E-state index in [4.69, 9.17) is 9.47 Å². The molecule has 2 fully saturated rings. The third-order valence-electron chi connectivity index (χ3n) is 5.22. The lowest BCUT2D eigenvalue weighted by atomic mass is 9.98. The van der Waals surface area contributed by atoms with E-state index in [9.17, 15) is 5.11 Å². The molecule has 0 radical (unpaired) electrons. The second-order valence-corrected chi connectivity index (χ2v) is 7.53. The summed E-state index contributed by atoms with van der Waals surface area (Å²) < 4.78 is 10.8. The summed E-state index contributed by atoms with van der Waals surface area (Å²) in [6, 6.07) is 8.35. The fourth-order valence-electron chi connectivity index (χ4n) is 3.43. The number of guanidine groups is 1. The molecule has 3 rings (SSSR count). The van der Waals surface area contributed by atoms with Crippen molar-refractivity contribution in [1.82, 2.24) is 10.2 Å². The molecule has 6 nitrogen and oxygen atoms in total. The number of aliphatic imine (C=N–C) groups is 1. The van der Waals surface area contributed by atoms with Gasteiger partial charge in [0.05, 0.1) is 26.4 Å². The van der Waals surface area contributed by atoms with Crippen molar-refractivity contribution in [3.05, 3.63) is 29.8 Å². The first-order valence-corrected chi connectivity index (χ1v) is 10.1. The van der Waals surface area contributed by atoms with Gasteiger partial charge in [0.15, 0.2) is 5.96 Å². The molecule has 0 amide bonds. The highest BCUT2D eigenvalue weighted by Crippen LogP contribution is 2.29. The van der Waals surface area contributed by atoms with Gasteiger partial charge in [-0.1, -0.05) is 12.1 Å². The number of hydrogen-bond donors (Lipinski definition) is 2. The summed E-state index contributed by atoms with van der Waals surface area (Å²) in [4.78, 5) is 6.93. The van der Waals surface area contributed by atoms with Gasteiger partial charge in [-0.2, -0.15) is 0 Å². The van der Waals surface area contributed by atoms with Gasteiger partial charge < -0.3 is 24.8 Å². The Labute approximate surface area is 185 Å². The topological polar surface area (TPSA) is 66.3 Å². The average Bonchev–Trinajstić information content (AvgIpc) is 3.38. The molecule has 1 aromatic carbocycles. The van der Waals surface area contributed by atoms with Crippen LogP contribution in [-0.4, -0.2) is 68.6 Å². The number of rotatable bonds is 9. The number of nitrogens with one attached hydrogen (secondary N) is 1. The molecule has 7 heteroatoms. The Hall–Kier alpha value is -1.06. The number of benzene rings is 1. The molecule has 0 bridgehead atoms. The van der Waals surface area contributed by atoms with E-state index < -0.39 is 6.10 Å². The summed E-state index contributed by atoms with van der Waals surface area (Å²) in [7, 11) is 1.69. The lowest BCUT2D eigenvalue weighted by molar-refractivity contribution is 0.0367. The van der Waals surface area contributed by atoms with Gasteiger partial charge >= 0.3 is 0 Å². The molecular formula is C21H34IN3O3. The van der Waals surface area contributed by atoms with Crippen LogP contribution in [0, 0.1) is 5.92 Å². The maximum absolute atomic E-state index is 10.1. The Kier molecular flexibility index (Phi) is 9.81. The minimum atomic E-state index is -0.544. The molecule has 2 N–H and O–H groups in total. The Balaban J connectivity index is 0.00000280. The minimum absolute atomic E-state index is 0. The summed E-state index contributed by atoms with van der Waals surface area (Å²) in [6.07, 6.45) is 3.09. The predicted octanol–water partition coefficient (Wildman–Crippen LogP) is 2.86. The molecule has 1 heterocycles. The fourth-order valence-corrected chi connectivity index (χ4v) is 3.43. The molecule has 1 aliphatic heterocycles. The summed E-state index contributed by atoms with van der Waals surface area (Å²) in [6.45, 7) is 6.31. The van der Waals surface area contributed by atoms with Crippen molar-refractivity contribution in [3.63, 3.8) is 0 Å². The van der Waals surface area contributed by atoms with E-state index in [0.29, 0.717) is 19.1 Å². The van der Waals surface area contributed by atoms with Crippen LogP contribution in [0.4, 0.5) is 0 Å². The van der Waals surface area contributed by atoms with Crippen LogP contribution >= 0.6 is 24.0 Å². The Morgan fingerprint density at radius 3 is 2.68 bits per heavy atom. The van der Waals surface area contributed by atoms with Crippen LogP contribution in [0.1, 0.15) is 37.7 Å². The van der Waals surface area contributed by atoms with Crippen LogP contribution in [-0.2, 0) is 4.74 Å². The Morgan fingerprint density at radius 2 is 2.04 bits per heavy atom.